The molecule has 0 radical (unpaired) electrons. The summed E-state index contributed by atoms with van der Waals surface area (Å²) < 4.78 is 28.0. The van der Waals surface area contributed by atoms with Gasteiger partial charge in [0.05, 0.1) is 11.1 Å². The van der Waals surface area contributed by atoms with Crippen molar-refractivity contribution in [2.75, 3.05) is 5.73 Å². The molecule has 0 aliphatic carbocycles. The summed E-state index contributed by atoms with van der Waals surface area (Å²) in [6.45, 7) is 1.86. The molecular weight excluding hydrogens is 318 g/mol. The Bertz CT molecular complexity index is 792. The van der Waals surface area contributed by atoms with E-state index < -0.39 is 20.6 Å². The van der Waals surface area contributed by atoms with Gasteiger partial charge in [0.15, 0.2) is 5.00 Å². The van der Waals surface area contributed by atoms with Crippen molar-refractivity contribution in [2.24, 2.45) is 7.05 Å². The number of nitro groups is 1. The van der Waals surface area contributed by atoms with E-state index in [0.29, 0.717) is 11.3 Å². The Morgan fingerprint density at radius 1 is 1.57 bits per heavy atom. The normalized spacial score (nSPS) is 11.7. The van der Waals surface area contributed by atoms with Crippen molar-refractivity contribution >= 4 is 32.0 Å². The minimum atomic E-state index is -3.85. The standard InChI is InChI=1S/C10H13N5O4S2/c1-6-7(4-12-14(6)2)5-13-21(18,19)9-3-8(15(16)17)10(11)20-9/h3-4,13H,5,11H2,1-2H3. The number of thiophene rings is 1. The van der Waals surface area contributed by atoms with Crippen molar-refractivity contribution in [1.82, 2.24) is 14.5 Å². The van der Waals surface area contributed by atoms with E-state index in [9.17, 15) is 18.5 Å². The summed E-state index contributed by atoms with van der Waals surface area (Å²) in [6, 6.07) is 0.957. The van der Waals surface area contributed by atoms with Gasteiger partial charge in [0.1, 0.15) is 4.21 Å². The number of aryl methyl sites for hydroxylation is 1. The number of nitrogens with zero attached hydrogens (tertiary/aromatic N) is 3. The van der Waals surface area contributed by atoms with Gasteiger partial charge < -0.3 is 5.73 Å². The van der Waals surface area contributed by atoms with Crippen LogP contribution < -0.4 is 10.5 Å². The molecule has 0 unspecified atom stereocenters. The number of hydrogen-bond acceptors (Lipinski definition) is 7. The lowest BCUT2D eigenvalue weighted by Gasteiger charge is -2.04. The van der Waals surface area contributed by atoms with Gasteiger partial charge in [-0.25, -0.2) is 13.1 Å². The predicted molar refractivity (Wildman–Crippen MR) is 77.4 cm³/mol. The van der Waals surface area contributed by atoms with E-state index in [2.05, 4.69) is 9.82 Å². The molecule has 0 aliphatic rings. The summed E-state index contributed by atoms with van der Waals surface area (Å²) in [5.41, 5.74) is 6.59. The van der Waals surface area contributed by atoms with E-state index >= 15 is 0 Å². The molecule has 0 bridgehead atoms. The van der Waals surface area contributed by atoms with E-state index in [1.54, 1.807) is 17.9 Å². The second-order valence-electron chi connectivity index (χ2n) is 4.28. The number of hydrogen-bond donors (Lipinski definition) is 2. The Kier molecular flexibility index (Phi) is 3.98. The van der Waals surface area contributed by atoms with E-state index in [4.69, 9.17) is 5.73 Å². The molecule has 0 spiro atoms. The van der Waals surface area contributed by atoms with Crippen molar-refractivity contribution in [2.45, 2.75) is 17.7 Å². The molecule has 0 aromatic carbocycles. The number of nitrogen functional groups attached to an aromatic ring is 1. The van der Waals surface area contributed by atoms with Crippen LogP contribution in [-0.4, -0.2) is 23.1 Å². The smallest absolute Gasteiger partial charge is 0.304 e. The fourth-order valence-electron chi connectivity index (χ4n) is 1.61. The molecule has 9 nitrogen and oxygen atoms in total. The number of anilines is 1. The lowest BCUT2D eigenvalue weighted by atomic mass is 10.3. The Morgan fingerprint density at radius 2 is 2.24 bits per heavy atom. The zero-order valence-electron chi connectivity index (χ0n) is 11.2. The molecule has 2 heterocycles. The van der Waals surface area contributed by atoms with E-state index in [-0.39, 0.29) is 15.8 Å². The van der Waals surface area contributed by atoms with Crippen molar-refractivity contribution in [3.8, 4) is 0 Å². The van der Waals surface area contributed by atoms with Crippen molar-refractivity contribution in [3.05, 3.63) is 33.6 Å². The van der Waals surface area contributed by atoms with Gasteiger partial charge in [0.2, 0.25) is 0 Å². The predicted octanol–water partition coefficient (Wildman–Crippen LogP) is 0.759. The minimum Gasteiger partial charge on any atom is -0.385 e. The second-order valence-corrected chi connectivity index (χ2v) is 7.35. The highest BCUT2D eigenvalue weighted by molar-refractivity contribution is 7.91. The largest absolute Gasteiger partial charge is 0.385 e. The molecule has 114 valence electrons. The van der Waals surface area contributed by atoms with E-state index in [1.165, 1.54) is 0 Å². The maximum Gasteiger partial charge on any atom is 0.304 e. The molecule has 0 atom stereocenters. The highest BCUT2D eigenvalue weighted by atomic mass is 32.2. The third kappa shape index (κ3) is 3.04. The van der Waals surface area contributed by atoms with Gasteiger partial charge in [0.25, 0.3) is 10.0 Å². The number of aromatic nitrogens is 2. The summed E-state index contributed by atoms with van der Waals surface area (Å²) in [7, 11) is -2.11. The first-order chi connectivity index (χ1) is 9.72. The first-order valence-electron chi connectivity index (χ1n) is 5.73. The van der Waals surface area contributed by atoms with Gasteiger partial charge in [-0.05, 0) is 6.92 Å². The van der Waals surface area contributed by atoms with Crippen LogP contribution >= 0.6 is 11.3 Å². The molecule has 0 saturated heterocycles. The number of sulfonamides is 1. The van der Waals surface area contributed by atoms with Crippen molar-refractivity contribution < 1.29 is 13.3 Å². The summed E-state index contributed by atoms with van der Waals surface area (Å²) in [6.07, 6.45) is 1.56. The fraction of sp³-hybridized carbons (Fsp3) is 0.300. The zero-order chi connectivity index (χ0) is 15.8. The van der Waals surface area contributed by atoms with Crippen molar-refractivity contribution in [1.29, 1.82) is 0 Å². The van der Waals surface area contributed by atoms with Crippen LogP contribution in [0.4, 0.5) is 10.7 Å². The van der Waals surface area contributed by atoms with Crippen LogP contribution in [0.1, 0.15) is 11.3 Å². The molecule has 0 saturated carbocycles. The Balaban J connectivity index is 2.21. The van der Waals surface area contributed by atoms with Gasteiger partial charge >= 0.3 is 5.69 Å². The lowest BCUT2D eigenvalue weighted by Crippen LogP contribution is -2.22. The zero-order valence-corrected chi connectivity index (χ0v) is 12.9. The van der Waals surface area contributed by atoms with Crippen LogP contribution in [0, 0.1) is 17.0 Å². The van der Waals surface area contributed by atoms with E-state index in [1.807, 2.05) is 6.92 Å². The maximum atomic E-state index is 12.1. The number of nitrogens with one attached hydrogen (secondary N) is 1. The molecule has 0 fully saturated rings. The first kappa shape index (κ1) is 15.4. The van der Waals surface area contributed by atoms with Crippen LogP contribution in [-0.2, 0) is 23.6 Å². The van der Waals surface area contributed by atoms with Gasteiger partial charge in [-0.3, -0.25) is 14.8 Å². The van der Waals surface area contributed by atoms with Crippen LogP contribution in [0.2, 0.25) is 0 Å². The summed E-state index contributed by atoms with van der Waals surface area (Å²) in [4.78, 5) is 9.98. The average molecular weight is 331 g/mol. The third-order valence-corrected chi connectivity index (χ3v) is 5.80. The molecule has 0 aliphatic heterocycles. The van der Waals surface area contributed by atoms with Gasteiger partial charge in [-0.15, -0.1) is 0 Å². The summed E-state index contributed by atoms with van der Waals surface area (Å²) >= 11 is 0.659. The molecule has 0 amide bonds. The van der Waals surface area contributed by atoms with Crippen LogP contribution in [0.5, 0.6) is 0 Å². The Labute approximate surface area is 124 Å². The molecule has 21 heavy (non-hydrogen) atoms. The van der Waals surface area contributed by atoms with Crippen molar-refractivity contribution in [3.63, 3.8) is 0 Å². The number of rotatable bonds is 5. The Morgan fingerprint density at radius 3 is 2.71 bits per heavy atom. The molecule has 2 rings (SSSR count). The SMILES string of the molecule is Cc1c(CNS(=O)(=O)c2cc([N+](=O)[O-])c(N)s2)cnn1C. The van der Waals surface area contributed by atoms with Crippen LogP contribution in [0.15, 0.2) is 16.5 Å². The van der Waals surface area contributed by atoms with E-state index in [0.717, 1.165) is 17.3 Å². The summed E-state index contributed by atoms with van der Waals surface area (Å²) in [5, 5.41) is 14.6. The molecule has 11 heteroatoms. The fourth-order valence-corrected chi connectivity index (χ4v) is 3.87. The highest BCUT2D eigenvalue weighted by Gasteiger charge is 2.24. The molecule has 2 aromatic rings. The van der Waals surface area contributed by atoms with Crippen LogP contribution in [0.3, 0.4) is 0 Å². The topological polar surface area (TPSA) is 133 Å². The molecular formula is C10H13N5O4S2. The first-order valence-corrected chi connectivity index (χ1v) is 8.03. The quantitative estimate of drug-likeness (QED) is 0.613. The lowest BCUT2D eigenvalue weighted by molar-refractivity contribution is -0.383. The number of nitrogens with two attached hydrogens (primary N) is 1. The Hall–Kier alpha value is -1.98. The second kappa shape index (κ2) is 5.42. The highest BCUT2D eigenvalue weighted by Crippen LogP contribution is 2.34. The average Bonchev–Trinajstić information content (AvgIpc) is 2.93. The van der Waals surface area contributed by atoms with Gasteiger partial charge in [-0.1, -0.05) is 11.3 Å². The minimum absolute atomic E-state index is 0.0492. The summed E-state index contributed by atoms with van der Waals surface area (Å²) in [5.74, 6) is 0. The molecule has 3 N–H and O–H groups in total. The maximum absolute atomic E-state index is 12.1. The molecule has 2 aromatic heterocycles. The van der Waals surface area contributed by atoms with Gasteiger partial charge in [-0.2, -0.15) is 5.10 Å². The monoisotopic (exact) mass is 331 g/mol. The third-order valence-electron chi connectivity index (χ3n) is 2.97. The van der Waals surface area contributed by atoms with Crippen LogP contribution in [0.25, 0.3) is 0 Å². The van der Waals surface area contributed by atoms with Gasteiger partial charge in [0, 0.05) is 30.9 Å².